The molecule has 0 aromatic rings. The minimum Gasteiger partial charge on any atom is -0.317 e. The lowest BCUT2D eigenvalue weighted by molar-refractivity contribution is 0.425. The predicted octanol–water partition coefficient (Wildman–Crippen LogP) is 2.28. The first-order chi connectivity index (χ1) is 5.88. The van der Waals surface area contributed by atoms with E-state index in [1.54, 1.807) is 0 Å². The first kappa shape index (κ1) is 9.27. The summed E-state index contributed by atoms with van der Waals surface area (Å²) in [5, 5.41) is 3.35. The van der Waals surface area contributed by atoms with E-state index in [1.807, 2.05) is 12.2 Å². The molecule has 1 rings (SSSR count). The van der Waals surface area contributed by atoms with Gasteiger partial charge in [-0.15, -0.1) is 0 Å². The van der Waals surface area contributed by atoms with Gasteiger partial charge in [0.1, 0.15) is 0 Å². The number of nitrogens with one attached hydrogen (secondary N) is 1. The molecule has 0 radical (unpaired) electrons. The van der Waals surface area contributed by atoms with Crippen LogP contribution in [0.25, 0.3) is 0 Å². The normalized spacial score (nSPS) is 20.5. The van der Waals surface area contributed by atoms with Gasteiger partial charge in [0.2, 0.25) is 0 Å². The molecule has 1 nitrogen and oxygen atoms in total. The molecule has 1 heteroatoms. The molecular formula is C11H17N. The smallest absolute Gasteiger partial charge is 0.00431 e. The Morgan fingerprint density at radius 3 is 2.42 bits per heavy atom. The van der Waals surface area contributed by atoms with Crippen LogP contribution in [-0.4, -0.2) is 13.1 Å². The third kappa shape index (κ3) is 2.35. The molecule has 0 aliphatic carbocycles. The molecule has 0 bridgehead atoms. The van der Waals surface area contributed by atoms with Crippen molar-refractivity contribution in [3.63, 3.8) is 0 Å². The maximum Gasteiger partial charge on any atom is -0.00431 e. The average Bonchev–Trinajstić information content (AvgIpc) is 2.15. The van der Waals surface area contributed by atoms with Gasteiger partial charge in [0, 0.05) is 0 Å². The summed E-state index contributed by atoms with van der Waals surface area (Å²) < 4.78 is 0. The standard InChI is InChI=1S/C11H17N/c1-3-5-10(4-2)11-6-8-12-9-7-11/h3-5,11-12H,1-2,6-9H2/b10-5+. The van der Waals surface area contributed by atoms with Crippen molar-refractivity contribution in [2.24, 2.45) is 5.92 Å². The Hall–Kier alpha value is -0.820. The van der Waals surface area contributed by atoms with Crippen LogP contribution in [0.4, 0.5) is 0 Å². The second kappa shape index (κ2) is 4.94. The third-order valence-corrected chi connectivity index (χ3v) is 2.36. The Kier molecular flexibility index (Phi) is 3.81. The zero-order chi connectivity index (χ0) is 8.81. The monoisotopic (exact) mass is 163 g/mol. The van der Waals surface area contributed by atoms with E-state index in [0.717, 1.165) is 13.1 Å². The highest BCUT2D eigenvalue weighted by atomic mass is 14.9. The van der Waals surface area contributed by atoms with Crippen molar-refractivity contribution in [2.75, 3.05) is 13.1 Å². The molecular weight excluding hydrogens is 146 g/mol. The summed E-state index contributed by atoms with van der Waals surface area (Å²) in [4.78, 5) is 0. The SMILES string of the molecule is C=C/C=C(\C=C)C1CCNCC1. The number of hydrogen-bond acceptors (Lipinski definition) is 1. The number of hydrogen-bond donors (Lipinski definition) is 1. The van der Waals surface area contributed by atoms with E-state index in [4.69, 9.17) is 0 Å². The minimum atomic E-state index is 0.696. The Morgan fingerprint density at radius 2 is 1.92 bits per heavy atom. The highest BCUT2D eigenvalue weighted by molar-refractivity contribution is 5.24. The molecule has 1 aliphatic heterocycles. The van der Waals surface area contributed by atoms with Gasteiger partial charge in [-0.1, -0.05) is 31.4 Å². The van der Waals surface area contributed by atoms with Crippen LogP contribution in [0.5, 0.6) is 0 Å². The van der Waals surface area contributed by atoms with E-state index in [9.17, 15) is 0 Å². The molecule has 0 saturated carbocycles. The van der Waals surface area contributed by atoms with E-state index in [-0.39, 0.29) is 0 Å². The van der Waals surface area contributed by atoms with Gasteiger partial charge >= 0.3 is 0 Å². The summed E-state index contributed by atoms with van der Waals surface area (Å²) in [6.45, 7) is 9.79. The van der Waals surface area contributed by atoms with Crippen LogP contribution in [0.3, 0.4) is 0 Å². The fourth-order valence-corrected chi connectivity index (χ4v) is 1.66. The highest BCUT2D eigenvalue weighted by Crippen LogP contribution is 2.21. The summed E-state index contributed by atoms with van der Waals surface area (Å²) >= 11 is 0. The molecule has 0 aromatic heterocycles. The van der Waals surface area contributed by atoms with E-state index in [2.05, 4.69) is 24.6 Å². The van der Waals surface area contributed by atoms with E-state index in [0.29, 0.717) is 5.92 Å². The van der Waals surface area contributed by atoms with Crippen molar-refractivity contribution in [1.29, 1.82) is 0 Å². The van der Waals surface area contributed by atoms with Crippen molar-refractivity contribution in [2.45, 2.75) is 12.8 Å². The van der Waals surface area contributed by atoms with Crippen LogP contribution in [-0.2, 0) is 0 Å². The van der Waals surface area contributed by atoms with Gasteiger partial charge in [-0.2, -0.15) is 0 Å². The van der Waals surface area contributed by atoms with Crippen LogP contribution >= 0.6 is 0 Å². The zero-order valence-corrected chi connectivity index (χ0v) is 7.55. The molecule has 0 aromatic carbocycles. The van der Waals surface area contributed by atoms with E-state index in [1.165, 1.54) is 18.4 Å². The molecule has 66 valence electrons. The molecule has 12 heavy (non-hydrogen) atoms. The highest BCUT2D eigenvalue weighted by Gasteiger charge is 2.14. The second-order valence-electron chi connectivity index (χ2n) is 3.13. The van der Waals surface area contributed by atoms with Gasteiger partial charge in [0.05, 0.1) is 0 Å². The Labute approximate surface area is 74.9 Å². The number of piperidine rings is 1. The molecule has 0 atom stereocenters. The Balaban J connectivity index is 2.57. The number of rotatable bonds is 3. The van der Waals surface area contributed by atoms with Gasteiger partial charge in [0.15, 0.2) is 0 Å². The largest absolute Gasteiger partial charge is 0.317 e. The molecule has 1 saturated heterocycles. The van der Waals surface area contributed by atoms with Crippen molar-refractivity contribution in [3.05, 3.63) is 37.0 Å². The van der Waals surface area contributed by atoms with Crippen LogP contribution < -0.4 is 5.32 Å². The first-order valence-electron chi connectivity index (χ1n) is 4.54. The molecule has 0 unspecified atom stereocenters. The third-order valence-electron chi connectivity index (χ3n) is 2.36. The quantitative estimate of drug-likeness (QED) is 0.629. The molecule has 1 N–H and O–H groups in total. The lowest BCUT2D eigenvalue weighted by Gasteiger charge is -2.23. The fourth-order valence-electron chi connectivity index (χ4n) is 1.66. The van der Waals surface area contributed by atoms with E-state index < -0.39 is 0 Å². The molecule has 0 spiro atoms. The van der Waals surface area contributed by atoms with Gasteiger partial charge in [0.25, 0.3) is 0 Å². The second-order valence-corrected chi connectivity index (χ2v) is 3.13. The average molecular weight is 163 g/mol. The van der Waals surface area contributed by atoms with Crippen LogP contribution in [0.1, 0.15) is 12.8 Å². The maximum absolute atomic E-state index is 3.82. The van der Waals surface area contributed by atoms with Gasteiger partial charge in [-0.05, 0) is 37.4 Å². The van der Waals surface area contributed by atoms with Crippen molar-refractivity contribution < 1.29 is 0 Å². The van der Waals surface area contributed by atoms with Crippen molar-refractivity contribution >= 4 is 0 Å². The summed E-state index contributed by atoms with van der Waals surface area (Å²) in [6.07, 6.45) is 8.33. The topological polar surface area (TPSA) is 12.0 Å². The molecule has 1 aliphatic rings. The molecule has 1 fully saturated rings. The Bertz CT molecular complexity index is 185. The lowest BCUT2D eigenvalue weighted by atomic mass is 9.90. The van der Waals surface area contributed by atoms with Crippen molar-refractivity contribution in [3.8, 4) is 0 Å². The minimum absolute atomic E-state index is 0.696. The van der Waals surface area contributed by atoms with Crippen molar-refractivity contribution in [1.82, 2.24) is 5.32 Å². The Morgan fingerprint density at radius 1 is 1.25 bits per heavy atom. The molecule has 0 amide bonds. The van der Waals surface area contributed by atoms with Gasteiger partial charge in [-0.3, -0.25) is 0 Å². The van der Waals surface area contributed by atoms with Crippen LogP contribution in [0.2, 0.25) is 0 Å². The summed E-state index contributed by atoms with van der Waals surface area (Å²) in [5.74, 6) is 0.696. The summed E-state index contributed by atoms with van der Waals surface area (Å²) in [6, 6.07) is 0. The van der Waals surface area contributed by atoms with Gasteiger partial charge < -0.3 is 5.32 Å². The van der Waals surface area contributed by atoms with Crippen LogP contribution in [0, 0.1) is 5.92 Å². The van der Waals surface area contributed by atoms with Crippen LogP contribution in [0.15, 0.2) is 37.0 Å². The summed E-state index contributed by atoms with van der Waals surface area (Å²) in [7, 11) is 0. The molecule has 1 heterocycles. The van der Waals surface area contributed by atoms with E-state index >= 15 is 0 Å². The lowest BCUT2D eigenvalue weighted by Crippen LogP contribution is -2.28. The maximum atomic E-state index is 3.82. The fraction of sp³-hybridized carbons (Fsp3) is 0.455. The van der Waals surface area contributed by atoms with Gasteiger partial charge in [-0.25, -0.2) is 0 Å². The predicted molar refractivity (Wildman–Crippen MR) is 54.1 cm³/mol. The zero-order valence-electron chi connectivity index (χ0n) is 7.55. The first-order valence-corrected chi connectivity index (χ1v) is 4.54. The summed E-state index contributed by atoms with van der Waals surface area (Å²) in [5.41, 5.74) is 1.34. The number of allylic oxidation sites excluding steroid dienone is 4.